The topological polar surface area (TPSA) is 12.0 Å². The van der Waals surface area contributed by atoms with E-state index in [4.69, 9.17) is 0 Å². The Morgan fingerprint density at radius 1 is 1.44 bits per heavy atom. The van der Waals surface area contributed by atoms with Crippen molar-refractivity contribution in [2.24, 2.45) is 0 Å². The molecule has 88 valence electrons. The van der Waals surface area contributed by atoms with Crippen LogP contribution in [-0.2, 0) is 0 Å². The highest BCUT2D eigenvalue weighted by Gasteiger charge is 2.11. The molecule has 1 atom stereocenters. The first-order valence-corrected chi connectivity index (χ1v) is 6.77. The van der Waals surface area contributed by atoms with Crippen molar-refractivity contribution >= 4 is 22.6 Å². The van der Waals surface area contributed by atoms with Crippen LogP contribution in [0, 0.1) is 10.5 Å². The Morgan fingerprint density at radius 2 is 2.12 bits per heavy atom. The lowest BCUT2D eigenvalue weighted by molar-refractivity contribution is 0.642. The molecule has 2 heteroatoms. The van der Waals surface area contributed by atoms with Crippen LogP contribution in [0.15, 0.2) is 29.8 Å². The number of benzene rings is 1. The summed E-state index contributed by atoms with van der Waals surface area (Å²) in [6, 6.07) is 6.84. The predicted octanol–water partition coefficient (Wildman–Crippen LogP) is 4.22. The zero-order chi connectivity index (χ0) is 12.1. The lowest BCUT2D eigenvalue weighted by Gasteiger charge is -2.18. The normalized spacial score (nSPS) is 12.3. The van der Waals surface area contributed by atoms with Crippen molar-refractivity contribution in [1.82, 2.24) is 5.32 Å². The van der Waals surface area contributed by atoms with E-state index in [1.165, 1.54) is 20.3 Å². The van der Waals surface area contributed by atoms with Gasteiger partial charge in [0.1, 0.15) is 0 Å². The summed E-state index contributed by atoms with van der Waals surface area (Å²) < 4.78 is 1.36. The van der Waals surface area contributed by atoms with E-state index in [1.54, 1.807) is 0 Å². The number of allylic oxidation sites excluding steroid dienone is 1. The SMILES string of the molecule is CCNC(C=C(C)C)c1cccc(C)c1I. The Labute approximate surface area is 112 Å². The van der Waals surface area contributed by atoms with Crippen LogP contribution >= 0.6 is 22.6 Å². The van der Waals surface area contributed by atoms with Gasteiger partial charge in [-0.05, 0) is 61.0 Å². The van der Waals surface area contributed by atoms with Crippen LogP contribution in [0.2, 0.25) is 0 Å². The summed E-state index contributed by atoms with van der Waals surface area (Å²) in [4.78, 5) is 0. The number of halogens is 1. The van der Waals surface area contributed by atoms with E-state index in [0.717, 1.165) is 6.54 Å². The molecule has 1 rings (SSSR count). The number of likely N-dealkylation sites (N-methyl/N-ethyl adjacent to an activating group) is 1. The van der Waals surface area contributed by atoms with Gasteiger partial charge in [-0.25, -0.2) is 0 Å². The smallest absolute Gasteiger partial charge is 0.0519 e. The number of hydrogen-bond donors (Lipinski definition) is 1. The summed E-state index contributed by atoms with van der Waals surface area (Å²) >= 11 is 2.44. The second-order valence-corrected chi connectivity index (χ2v) is 5.34. The average molecular weight is 329 g/mol. The molecule has 0 heterocycles. The van der Waals surface area contributed by atoms with E-state index >= 15 is 0 Å². The maximum absolute atomic E-state index is 3.52. The summed E-state index contributed by atoms with van der Waals surface area (Å²) in [6.07, 6.45) is 2.29. The number of nitrogens with one attached hydrogen (secondary N) is 1. The Kier molecular flexibility index (Phi) is 5.49. The highest BCUT2D eigenvalue weighted by atomic mass is 127. The first kappa shape index (κ1) is 13.7. The van der Waals surface area contributed by atoms with Gasteiger partial charge in [0.25, 0.3) is 0 Å². The van der Waals surface area contributed by atoms with Gasteiger partial charge < -0.3 is 5.32 Å². The Balaban J connectivity index is 3.10. The van der Waals surface area contributed by atoms with Crippen LogP contribution in [0.25, 0.3) is 0 Å². The fourth-order valence-corrected chi connectivity index (χ4v) is 2.42. The Bertz CT molecular complexity index is 378. The van der Waals surface area contributed by atoms with Gasteiger partial charge in [-0.15, -0.1) is 0 Å². The van der Waals surface area contributed by atoms with Crippen molar-refractivity contribution in [3.05, 3.63) is 44.5 Å². The van der Waals surface area contributed by atoms with Crippen LogP contribution in [0.3, 0.4) is 0 Å². The van der Waals surface area contributed by atoms with Crippen molar-refractivity contribution in [3.63, 3.8) is 0 Å². The van der Waals surface area contributed by atoms with Crippen molar-refractivity contribution in [2.75, 3.05) is 6.54 Å². The zero-order valence-electron chi connectivity index (χ0n) is 10.5. The monoisotopic (exact) mass is 329 g/mol. The maximum atomic E-state index is 3.52. The first-order valence-electron chi connectivity index (χ1n) is 5.69. The molecular weight excluding hydrogens is 309 g/mol. The van der Waals surface area contributed by atoms with Crippen LogP contribution in [0.4, 0.5) is 0 Å². The first-order chi connectivity index (χ1) is 7.56. The third kappa shape index (κ3) is 3.59. The second kappa shape index (κ2) is 6.40. The van der Waals surface area contributed by atoms with Gasteiger partial charge in [0.05, 0.1) is 6.04 Å². The van der Waals surface area contributed by atoms with Gasteiger partial charge in [0.2, 0.25) is 0 Å². The summed E-state index contributed by atoms with van der Waals surface area (Å²) in [5.41, 5.74) is 4.08. The Morgan fingerprint density at radius 3 is 2.69 bits per heavy atom. The molecule has 0 bridgehead atoms. The van der Waals surface area contributed by atoms with E-state index in [1.807, 2.05) is 0 Å². The molecule has 0 aliphatic rings. The third-order valence-electron chi connectivity index (χ3n) is 2.48. The van der Waals surface area contributed by atoms with Crippen LogP contribution in [0.5, 0.6) is 0 Å². The molecule has 0 saturated carbocycles. The van der Waals surface area contributed by atoms with E-state index in [0.29, 0.717) is 6.04 Å². The molecule has 16 heavy (non-hydrogen) atoms. The molecule has 0 spiro atoms. The standard InChI is InChI=1S/C14H20IN/c1-5-16-13(9-10(2)3)12-8-6-7-11(4)14(12)15/h6-9,13,16H,5H2,1-4H3. The molecule has 1 aromatic carbocycles. The highest BCUT2D eigenvalue weighted by Crippen LogP contribution is 2.24. The quantitative estimate of drug-likeness (QED) is 0.644. The summed E-state index contributed by atoms with van der Waals surface area (Å²) in [7, 11) is 0. The van der Waals surface area contributed by atoms with Crippen LogP contribution in [-0.4, -0.2) is 6.54 Å². The minimum atomic E-state index is 0.335. The van der Waals surface area contributed by atoms with Crippen LogP contribution < -0.4 is 5.32 Å². The van der Waals surface area contributed by atoms with Gasteiger partial charge in [-0.2, -0.15) is 0 Å². The van der Waals surface area contributed by atoms with Gasteiger partial charge in [0, 0.05) is 3.57 Å². The summed E-state index contributed by atoms with van der Waals surface area (Å²) in [5.74, 6) is 0. The molecule has 0 aliphatic carbocycles. The molecule has 1 N–H and O–H groups in total. The molecule has 0 amide bonds. The van der Waals surface area contributed by atoms with Crippen molar-refractivity contribution in [1.29, 1.82) is 0 Å². The van der Waals surface area contributed by atoms with E-state index < -0.39 is 0 Å². The molecule has 0 radical (unpaired) electrons. The molecule has 0 saturated heterocycles. The highest BCUT2D eigenvalue weighted by molar-refractivity contribution is 14.1. The molecule has 0 fully saturated rings. The molecule has 1 unspecified atom stereocenters. The second-order valence-electron chi connectivity index (χ2n) is 4.26. The minimum Gasteiger partial charge on any atom is -0.307 e. The number of hydrogen-bond acceptors (Lipinski definition) is 1. The molecule has 1 nitrogen and oxygen atoms in total. The maximum Gasteiger partial charge on any atom is 0.0519 e. The van der Waals surface area contributed by atoms with E-state index in [9.17, 15) is 0 Å². The zero-order valence-corrected chi connectivity index (χ0v) is 12.6. The summed E-state index contributed by atoms with van der Waals surface area (Å²) in [6.45, 7) is 9.59. The molecule has 0 aromatic heterocycles. The molecule has 1 aromatic rings. The summed E-state index contributed by atoms with van der Waals surface area (Å²) in [5, 5.41) is 3.52. The number of rotatable bonds is 4. The van der Waals surface area contributed by atoms with Gasteiger partial charge in [-0.1, -0.05) is 36.8 Å². The van der Waals surface area contributed by atoms with Crippen LogP contribution in [0.1, 0.15) is 37.9 Å². The fourth-order valence-electron chi connectivity index (χ4n) is 1.72. The van der Waals surface area contributed by atoms with Crippen molar-refractivity contribution in [3.8, 4) is 0 Å². The largest absolute Gasteiger partial charge is 0.307 e. The average Bonchev–Trinajstić information content (AvgIpc) is 2.21. The Hall–Kier alpha value is -0.350. The third-order valence-corrected chi connectivity index (χ3v) is 3.95. The van der Waals surface area contributed by atoms with E-state index in [2.05, 4.69) is 79.9 Å². The van der Waals surface area contributed by atoms with Gasteiger partial charge >= 0.3 is 0 Å². The molecular formula is C14H20IN. The lowest BCUT2D eigenvalue weighted by atomic mass is 10.0. The number of aryl methyl sites for hydroxylation is 1. The lowest BCUT2D eigenvalue weighted by Crippen LogP contribution is -2.20. The molecule has 0 aliphatic heterocycles. The predicted molar refractivity (Wildman–Crippen MR) is 79.7 cm³/mol. The minimum absolute atomic E-state index is 0.335. The fraction of sp³-hybridized carbons (Fsp3) is 0.429. The van der Waals surface area contributed by atoms with E-state index in [-0.39, 0.29) is 0 Å². The van der Waals surface area contributed by atoms with Gasteiger partial charge in [-0.3, -0.25) is 0 Å². The van der Waals surface area contributed by atoms with Gasteiger partial charge in [0.15, 0.2) is 0 Å². The van der Waals surface area contributed by atoms with Crippen molar-refractivity contribution in [2.45, 2.75) is 33.7 Å². The van der Waals surface area contributed by atoms with Crippen molar-refractivity contribution < 1.29 is 0 Å².